The molecule has 0 heterocycles. The number of hydrogen-bond acceptors (Lipinski definition) is 3. The first-order valence-corrected chi connectivity index (χ1v) is 8.00. The van der Waals surface area contributed by atoms with Gasteiger partial charge in [-0.15, -0.1) is 9.24 Å². The van der Waals surface area contributed by atoms with Crippen LogP contribution in [0.5, 0.6) is 11.5 Å². The Kier molecular flexibility index (Phi) is 6.23. The number of benzene rings is 2. The molecule has 0 saturated heterocycles. The molecule has 22 heavy (non-hydrogen) atoms. The summed E-state index contributed by atoms with van der Waals surface area (Å²) < 4.78 is 11.6. The molecule has 1 N–H and O–H groups in total. The third kappa shape index (κ3) is 5.01. The summed E-state index contributed by atoms with van der Waals surface area (Å²) in [7, 11) is 2.71. The first-order chi connectivity index (χ1) is 10.6. The summed E-state index contributed by atoms with van der Waals surface area (Å²) in [5.74, 6) is 1.89. The van der Waals surface area contributed by atoms with Crippen LogP contribution in [0.2, 0.25) is 0 Å². The average Bonchev–Trinajstić information content (AvgIpc) is 2.52. The Morgan fingerprint density at radius 2 is 1.73 bits per heavy atom. The van der Waals surface area contributed by atoms with Gasteiger partial charge in [0.2, 0.25) is 0 Å². The maximum atomic E-state index is 9.38. The molecule has 4 heteroatoms. The average molecular weight is 318 g/mol. The summed E-state index contributed by atoms with van der Waals surface area (Å²) in [5, 5.41) is 10.5. The number of rotatable bonds is 7. The van der Waals surface area contributed by atoms with Crippen molar-refractivity contribution in [3.05, 3.63) is 53.6 Å². The lowest BCUT2D eigenvalue weighted by Crippen LogP contribution is -2.07. The van der Waals surface area contributed by atoms with Crippen LogP contribution in [-0.2, 0) is 13.2 Å². The predicted octanol–water partition coefficient (Wildman–Crippen LogP) is 3.29. The molecule has 0 saturated carbocycles. The lowest BCUT2D eigenvalue weighted by molar-refractivity contribution is 0.259. The van der Waals surface area contributed by atoms with Crippen LogP contribution in [0.15, 0.2) is 42.5 Å². The summed E-state index contributed by atoms with van der Waals surface area (Å²) in [4.78, 5) is 0. The van der Waals surface area contributed by atoms with Crippen molar-refractivity contribution in [1.82, 2.24) is 0 Å². The molecule has 0 spiro atoms. The molecule has 3 nitrogen and oxygen atoms in total. The normalized spacial score (nSPS) is 10.8. The Hall–Kier alpha value is -1.57. The smallest absolute Gasteiger partial charge is 0.123 e. The summed E-state index contributed by atoms with van der Waals surface area (Å²) >= 11 is 0. The van der Waals surface area contributed by atoms with Crippen LogP contribution in [0.1, 0.15) is 25.0 Å². The van der Waals surface area contributed by atoms with E-state index in [4.69, 9.17) is 9.47 Å². The number of aliphatic hydroxyl groups is 1. The molecule has 1 unspecified atom stereocenters. The molecule has 118 valence electrons. The summed E-state index contributed by atoms with van der Waals surface area (Å²) in [5.41, 5.74) is 1.90. The van der Waals surface area contributed by atoms with Crippen molar-refractivity contribution >= 4 is 14.5 Å². The van der Waals surface area contributed by atoms with E-state index in [1.807, 2.05) is 42.5 Å². The summed E-state index contributed by atoms with van der Waals surface area (Å²) in [6.45, 7) is 5.29. The van der Waals surface area contributed by atoms with E-state index in [1.165, 1.54) is 0 Å². The molecule has 0 amide bonds. The predicted molar refractivity (Wildman–Crippen MR) is 92.8 cm³/mol. The Morgan fingerprint density at radius 3 is 2.36 bits per heavy atom. The van der Waals surface area contributed by atoms with Crippen LogP contribution in [-0.4, -0.2) is 11.7 Å². The lowest BCUT2D eigenvalue weighted by Gasteiger charge is -2.13. The fourth-order valence-electron chi connectivity index (χ4n) is 1.98. The number of ether oxygens (including phenoxy) is 2. The second-order valence-corrected chi connectivity index (χ2v) is 6.29. The largest absolute Gasteiger partial charge is 0.493 e. The van der Waals surface area contributed by atoms with Gasteiger partial charge in [-0.1, -0.05) is 38.1 Å². The maximum Gasteiger partial charge on any atom is 0.123 e. The van der Waals surface area contributed by atoms with Gasteiger partial charge in [-0.25, -0.2) is 0 Å². The van der Waals surface area contributed by atoms with Gasteiger partial charge in [0.25, 0.3) is 0 Å². The fraction of sp³-hybridized carbons (Fsp3) is 0.333. The Morgan fingerprint density at radius 1 is 1.05 bits per heavy atom. The second-order valence-electron chi connectivity index (χ2n) is 5.66. The fourth-order valence-corrected chi connectivity index (χ4v) is 2.27. The van der Waals surface area contributed by atoms with Crippen molar-refractivity contribution in [1.29, 1.82) is 0 Å². The maximum absolute atomic E-state index is 9.38. The zero-order valence-corrected chi connectivity index (χ0v) is 14.2. The minimum atomic E-state index is -0.0323. The van der Waals surface area contributed by atoms with Gasteiger partial charge >= 0.3 is 0 Å². The van der Waals surface area contributed by atoms with E-state index in [-0.39, 0.29) is 6.61 Å². The third-order valence-corrected chi connectivity index (χ3v) is 3.72. The molecule has 2 aromatic carbocycles. The van der Waals surface area contributed by atoms with Crippen LogP contribution < -0.4 is 14.8 Å². The topological polar surface area (TPSA) is 38.7 Å². The van der Waals surface area contributed by atoms with Gasteiger partial charge in [-0.2, -0.15) is 0 Å². The van der Waals surface area contributed by atoms with Gasteiger partial charge < -0.3 is 14.6 Å². The molecule has 0 bridgehead atoms. The van der Waals surface area contributed by atoms with Crippen LogP contribution in [0.25, 0.3) is 0 Å². The van der Waals surface area contributed by atoms with Crippen molar-refractivity contribution in [3.8, 4) is 11.5 Å². The quantitative estimate of drug-likeness (QED) is 0.796. The lowest BCUT2D eigenvalue weighted by atomic mass is 10.2. The van der Waals surface area contributed by atoms with Crippen LogP contribution in [0.3, 0.4) is 0 Å². The molecule has 0 fully saturated rings. The number of aliphatic hydroxyl groups excluding tert-OH is 1. The standard InChI is InChI=1S/C18H23O3P/c1-13(2)11-20-16-7-14(10-19)8-17(9-16)21-12-15-5-3-4-6-18(15)22/h3-9,13,19H,10-12,22H2,1-2H3. The van der Waals surface area contributed by atoms with Gasteiger partial charge in [0.1, 0.15) is 18.1 Å². The van der Waals surface area contributed by atoms with Gasteiger partial charge in [0.15, 0.2) is 0 Å². The number of hydrogen-bond donors (Lipinski definition) is 1. The van der Waals surface area contributed by atoms with E-state index in [1.54, 1.807) is 0 Å². The zero-order valence-electron chi connectivity index (χ0n) is 13.1. The first-order valence-electron chi connectivity index (χ1n) is 7.42. The van der Waals surface area contributed by atoms with E-state index in [0.29, 0.717) is 24.9 Å². The van der Waals surface area contributed by atoms with Crippen molar-refractivity contribution in [2.24, 2.45) is 5.92 Å². The van der Waals surface area contributed by atoms with E-state index in [9.17, 15) is 5.11 Å². The van der Waals surface area contributed by atoms with Gasteiger partial charge in [-0.3, -0.25) is 0 Å². The highest BCUT2D eigenvalue weighted by molar-refractivity contribution is 7.27. The molecular formula is C18H23O3P. The third-order valence-electron chi connectivity index (χ3n) is 3.16. The molecule has 0 radical (unpaired) electrons. The second kappa shape index (κ2) is 8.17. The Balaban J connectivity index is 2.09. The zero-order chi connectivity index (χ0) is 15.9. The van der Waals surface area contributed by atoms with Crippen molar-refractivity contribution < 1.29 is 14.6 Å². The first kappa shape index (κ1) is 16.8. The van der Waals surface area contributed by atoms with Crippen molar-refractivity contribution in [2.75, 3.05) is 6.61 Å². The van der Waals surface area contributed by atoms with E-state index in [2.05, 4.69) is 23.1 Å². The van der Waals surface area contributed by atoms with Gasteiger partial charge in [0.05, 0.1) is 13.2 Å². The highest BCUT2D eigenvalue weighted by atomic mass is 31.0. The highest BCUT2D eigenvalue weighted by Crippen LogP contribution is 2.24. The summed E-state index contributed by atoms with van der Waals surface area (Å²) in [6.07, 6.45) is 0. The van der Waals surface area contributed by atoms with E-state index >= 15 is 0 Å². The minimum absolute atomic E-state index is 0.0323. The van der Waals surface area contributed by atoms with Gasteiger partial charge in [-0.05, 0) is 34.5 Å². The molecule has 0 aromatic heterocycles. The Bertz CT molecular complexity index is 611. The van der Waals surface area contributed by atoms with Crippen molar-refractivity contribution in [2.45, 2.75) is 27.1 Å². The molecule has 0 aliphatic rings. The minimum Gasteiger partial charge on any atom is -0.493 e. The molecule has 2 rings (SSSR count). The monoisotopic (exact) mass is 318 g/mol. The SMILES string of the molecule is CC(C)COc1cc(CO)cc(OCc2ccccc2P)c1. The van der Waals surface area contributed by atoms with Crippen LogP contribution >= 0.6 is 9.24 Å². The van der Waals surface area contributed by atoms with E-state index in [0.717, 1.165) is 22.2 Å². The highest BCUT2D eigenvalue weighted by Gasteiger charge is 2.05. The molecule has 0 aliphatic heterocycles. The molecule has 0 aliphatic carbocycles. The molecular weight excluding hydrogens is 295 g/mol. The molecule has 2 aromatic rings. The van der Waals surface area contributed by atoms with Crippen molar-refractivity contribution in [3.63, 3.8) is 0 Å². The van der Waals surface area contributed by atoms with Gasteiger partial charge in [0, 0.05) is 6.07 Å². The summed E-state index contributed by atoms with van der Waals surface area (Å²) in [6, 6.07) is 13.6. The van der Waals surface area contributed by atoms with E-state index < -0.39 is 0 Å². The van der Waals surface area contributed by atoms with Crippen LogP contribution in [0.4, 0.5) is 0 Å². The Labute approximate surface area is 134 Å². The van der Waals surface area contributed by atoms with Crippen LogP contribution in [0, 0.1) is 5.92 Å². The molecule has 1 atom stereocenters.